The molecule has 3 N–H and O–H groups in total. The van der Waals surface area contributed by atoms with E-state index in [1.54, 1.807) is 6.07 Å². The maximum atomic E-state index is 12.1. The number of phenols is 2. The third-order valence-electron chi connectivity index (χ3n) is 2.56. The van der Waals surface area contributed by atoms with Crippen LogP contribution in [-0.2, 0) is 16.9 Å². The SMILES string of the molecule is CC(C)(N[S+]([O-])C(C)(C)C)c1ccc(O)cc1O. The monoisotopic (exact) mass is 271 g/mol. The van der Waals surface area contributed by atoms with Crippen molar-refractivity contribution in [1.82, 2.24) is 4.72 Å². The molecule has 0 amide bonds. The summed E-state index contributed by atoms with van der Waals surface area (Å²) in [5.74, 6) is -0.0117. The second-order valence-corrected chi connectivity index (χ2v) is 7.78. The third kappa shape index (κ3) is 3.54. The first kappa shape index (κ1) is 15.1. The van der Waals surface area contributed by atoms with Gasteiger partial charge < -0.3 is 14.8 Å². The Morgan fingerprint density at radius 2 is 1.67 bits per heavy atom. The summed E-state index contributed by atoms with van der Waals surface area (Å²) in [6.07, 6.45) is 0. The van der Waals surface area contributed by atoms with Crippen LogP contribution in [0.5, 0.6) is 11.5 Å². The van der Waals surface area contributed by atoms with E-state index in [2.05, 4.69) is 4.72 Å². The van der Waals surface area contributed by atoms with Gasteiger partial charge in [-0.3, -0.25) is 0 Å². The normalized spacial score (nSPS) is 14.6. The minimum Gasteiger partial charge on any atom is -0.598 e. The molecule has 0 aliphatic carbocycles. The van der Waals surface area contributed by atoms with Crippen LogP contribution in [0.4, 0.5) is 0 Å². The highest BCUT2D eigenvalue weighted by molar-refractivity contribution is 7.90. The van der Waals surface area contributed by atoms with Crippen LogP contribution in [0.2, 0.25) is 0 Å². The van der Waals surface area contributed by atoms with E-state index in [0.29, 0.717) is 5.56 Å². The summed E-state index contributed by atoms with van der Waals surface area (Å²) in [5, 5.41) is 19.1. The number of hydrogen-bond acceptors (Lipinski definition) is 4. The predicted octanol–water partition coefficient (Wildman–Crippen LogP) is 2.38. The number of rotatable bonds is 3. The Kier molecular flexibility index (Phi) is 4.20. The summed E-state index contributed by atoms with van der Waals surface area (Å²) in [6, 6.07) is 4.40. The van der Waals surface area contributed by atoms with Crippen LogP contribution in [0.25, 0.3) is 0 Å². The van der Waals surface area contributed by atoms with Gasteiger partial charge in [0, 0.05) is 23.0 Å². The highest BCUT2D eigenvalue weighted by Crippen LogP contribution is 2.33. The summed E-state index contributed by atoms with van der Waals surface area (Å²) in [6.45, 7) is 9.31. The topological polar surface area (TPSA) is 75.5 Å². The zero-order chi connectivity index (χ0) is 14.1. The van der Waals surface area contributed by atoms with Crippen LogP contribution >= 0.6 is 0 Å². The summed E-state index contributed by atoms with van der Waals surface area (Å²) < 4.78 is 14.7. The molecule has 102 valence electrons. The molecule has 0 heterocycles. The minimum absolute atomic E-state index is 0.00370. The van der Waals surface area contributed by atoms with Crippen molar-refractivity contribution < 1.29 is 14.8 Å². The lowest BCUT2D eigenvalue weighted by Crippen LogP contribution is -2.48. The van der Waals surface area contributed by atoms with Gasteiger partial charge in [-0.25, -0.2) is 0 Å². The summed E-state index contributed by atoms with van der Waals surface area (Å²) in [5.41, 5.74) is -0.0615. The molecule has 0 radical (unpaired) electrons. The van der Waals surface area contributed by atoms with Gasteiger partial charge in [-0.1, -0.05) is 0 Å². The Balaban J connectivity index is 2.99. The van der Waals surface area contributed by atoms with E-state index in [-0.39, 0.29) is 16.2 Å². The molecule has 1 unspecified atom stereocenters. The van der Waals surface area contributed by atoms with Gasteiger partial charge in [-0.2, -0.15) is 0 Å². The fraction of sp³-hybridized carbons (Fsp3) is 0.538. The Morgan fingerprint density at radius 1 is 1.11 bits per heavy atom. The largest absolute Gasteiger partial charge is 0.598 e. The maximum Gasteiger partial charge on any atom is 0.136 e. The zero-order valence-corrected chi connectivity index (χ0v) is 12.3. The minimum atomic E-state index is -1.24. The highest BCUT2D eigenvalue weighted by atomic mass is 32.2. The first-order valence-corrected chi connectivity index (χ1v) is 6.91. The molecule has 0 aliphatic heterocycles. The van der Waals surface area contributed by atoms with Crippen LogP contribution < -0.4 is 4.72 Å². The van der Waals surface area contributed by atoms with Crippen molar-refractivity contribution in [3.63, 3.8) is 0 Å². The number of benzene rings is 1. The molecule has 1 rings (SSSR count). The zero-order valence-electron chi connectivity index (χ0n) is 11.4. The smallest absolute Gasteiger partial charge is 0.136 e. The average molecular weight is 271 g/mol. The van der Waals surface area contributed by atoms with Crippen molar-refractivity contribution in [2.75, 3.05) is 0 Å². The van der Waals surface area contributed by atoms with Crippen molar-refractivity contribution in [3.05, 3.63) is 23.8 Å². The third-order valence-corrected chi connectivity index (χ3v) is 4.37. The van der Waals surface area contributed by atoms with Gasteiger partial charge in [0.1, 0.15) is 16.2 Å². The van der Waals surface area contributed by atoms with Gasteiger partial charge in [-0.05, 0) is 46.8 Å². The fourth-order valence-electron chi connectivity index (χ4n) is 1.49. The van der Waals surface area contributed by atoms with Crippen LogP contribution in [0.1, 0.15) is 40.2 Å². The molecular weight excluding hydrogens is 250 g/mol. The number of hydrogen-bond donors (Lipinski definition) is 3. The average Bonchev–Trinajstić information content (AvgIpc) is 2.14. The van der Waals surface area contributed by atoms with E-state index >= 15 is 0 Å². The highest BCUT2D eigenvalue weighted by Gasteiger charge is 2.35. The van der Waals surface area contributed by atoms with Gasteiger partial charge in [-0.15, -0.1) is 4.72 Å². The molecule has 18 heavy (non-hydrogen) atoms. The summed E-state index contributed by atoms with van der Waals surface area (Å²) >= 11 is -1.24. The van der Waals surface area contributed by atoms with Crippen LogP contribution in [0.15, 0.2) is 18.2 Å². The number of nitrogens with one attached hydrogen (secondary N) is 1. The van der Waals surface area contributed by atoms with Gasteiger partial charge in [0.25, 0.3) is 0 Å². The molecule has 0 spiro atoms. The van der Waals surface area contributed by atoms with E-state index < -0.39 is 16.9 Å². The predicted molar refractivity (Wildman–Crippen MR) is 73.8 cm³/mol. The molecule has 5 heteroatoms. The molecule has 1 aromatic carbocycles. The summed E-state index contributed by atoms with van der Waals surface area (Å²) in [4.78, 5) is 0. The molecule has 1 aromatic rings. The Hall–Kier alpha value is -0.910. The van der Waals surface area contributed by atoms with E-state index in [9.17, 15) is 14.8 Å². The Labute approximate surface area is 111 Å². The number of phenolic OH excluding ortho intramolecular Hbond substituents is 2. The van der Waals surface area contributed by atoms with Crippen molar-refractivity contribution in [2.45, 2.75) is 44.9 Å². The van der Waals surface area contributed by atoms with Crippen LogP contribution in [0, 0.1) is 0 Å². The van der Waals surface area contributed by atoms with Crippen molar-refractivity contribution in [2.24, 2.45) is 0 Å². The quantitative estimate of drug-likeness (QED) is 0.738. The molecule has 0 aliphatic rings. The van der Waals surface area contributed by atoms with Crippen molar-refractivity contribution in [1.29, 1.82) is 0 Å². The van der Waals surface area contributed by atoms with Crippen LogP contribution in [-0.4, -0.2) is 19.5 Å². The lowest BCUT2D eigenvalue weighted by molar-refractivity contribution is 0.407. The summed E-state index contributed by atoms with van der Waals surface area (Å²) in [7, 11) is 0. The molecule has 0 fully saturated rings. The van der Waals surface area contributed by atoms with Gasteiger partial charge in [0.15, 0.2) is 0 Å². The maximum absolute atomic E-state index is 12.1. The lowest BCUT2D eigenvalue weighted by Gasteiger charge is -2.32. The first-order chi connectivity index (χ1) is 8.04. The first-order valence-electron chi connectivity index (χ1n) is 5.76. The van der Waals surface area contributed by atoms with Crippen molar-refractivity contribution >= 4 is 11.4 Å². The fourth-order valence-corrected chi connectivity index (χ4v) is 2.37. The van der Waals surface area contributed by atoms with E-state index in [4.69, 9.17) is 0 Å². The van der Waals surface area contributed by atoms with E-state index in [1.807, 2.05) is 34.6 Å². The molecule has 1 atom stereocenters. The molecule has 0 bridgehead atoms. The van der Waals surface area contributed by atoms with Crippen molar-refractivity contribution in [3.8, 4) is 11.5 Å². The molecular formula is C13H21NO3S. The Morgan fingerprint density at radius 3 is 2.11 bits per heavy atom. The molecule has 4 nitrogen and oxygen atoms in total. The number of aromatic hydroxyl groups is 2. The standard InChI is InChI=1S/C13H21NO3S/c1-12(2,3)18(17)14-13(4,5)10-7-6-9(15)8-11(10)16/h6-8,14-16H,1-5H3. The molecule has 0 saturated heterocycles. The lowest BCUT2D eigenvalue weighted by atomic mass is 9.94. The van der Waals surface area contributed by atoms with Gasteiger partial charge in [0.2, 0.25) is 0 Å². The molecule has 0 aromatic heterocycles. The van der Waals surface area contributed by atoms with Gasteiger partial charge in [0.05, 0.1) is 5.54 Å². The second kappa shape index (κ2) is 4.99. The molecule has 0 saturated carbocycles. The van der Waals surface area contributed by atoms with Gasteiger partial charge >= 0.3 is 0 Å². The van der Waals surface area contributed by atoms with E-state index in [1.165, 1.54) is 12.1 Å². The van der Waals surface area contributed by atoms with Crippen LogP contribution in [0.3, 0.4) is 0 Å². The van der Waals surface area contributed by atoms with E-state index in [0.717, 1.165) is 0 Å². The second-order valence-electron chi connectivity index (χ2n) is 5.81. The Bertz CT molecular complexity index is 427.